The Morgan fingerprint density at radius 3 is 1.32 bits per heavy atom. The molecule has 0 aliphatic carbocycles. The molecule has 0 aliphatic heterocycles. The Morgan fingerprint density at radius 1 is 0.786 bits per heavy atom. The number of carbonyl (C=O) groups excluding carboxylic acids is 3. The lowest BCUT2D eigenvalue weighted by molar-refractivity contribution is -0.149. The lowest BCUT2D eigenvalue weighted by Crippen LogP contribution is -2.04. The quantitative estimate of drug-likeness (QED) is 0.189. The molecule has 0 unspecified atom stereocenters. The van der Waals surface area contributed by atoms with Gasteiger partial charge in [-0.25, -0.2) is 9.59 Å². The zero-order valence-electron chi connectivity index (χ0n) is 18.2. The molecule has 0 saturated heterocycles. The van der Waals surface area contributed by atoms with Gasteiger partial charge in [-0.15, -0.1) is 13.2 Å². The van der Waals surface area contributed by atoms with Crippen molar-refractivity contribution in [1.29, 1.82) is 0 Å². The molecule has 162 valence electrons. The molecule has 0 N–H and O–H groups in total. The smallest absolute Gasteiger partial charge is 0.332 e. The molecular formula is C22H38O6. The van der Waals surface area contributed by atoms with E-state index in [4.69, 9.17) is 4.74 Å². The Kier molecular flexibility index (Phi) is 50.9. The van der Waals surface area contributed by atoms with Gasteiger partial charge >= 0.3 is 11.9 Å². The SMILES string of the molecule is C=CC.C=CC(=O)OCC.C=CC(=O)OCOCC.C=CC(C)=O.C=CCC. The standard InChI is InChI=1S/C6H10O3.C5H8O2.C4H6O.C4H8.C3H6/c1-3-6(7)9-5-8-4-2;1-3-5(6)7-4-2;1-3-4(2)5;1-3-4-2;1-3-2/h3H,1,4-5H2,2H3;3H,1,4H2,2H3;3H,1H2,2H3;3H,1,4H2,2H3;3H,1H2,2H3. The maximum absolute atomic E-state index is 10.3. The van der Waals surface area contributed by atoms with Gasteiger partial charge in [0.2, 0.25) is 0 Å². The molecule has 0 radical (unpaired) electrons. The summed E-state index contributed by atoms with van der Waals surface area (Å²) in [5, 5.41) is 0. The summed E-state index contributed by atoms with van der Waals surface area (Å²) in [5.74, 6) is -0.795. The first-order valence-electron chi connectivity index (χ1n) is 8.69. The summed E-state index contributed by atoms with van der Waals surface area (Å²) in [5.41, 5.74) is 0. The third-order valence-corrected chi connectivity index (χ3v) is 1.68. The summed E-state index contributed by atoms with van der Waals surface area (Å²) >= 11 is 0. The van der Waals surface area contributed by atoms with Crippen molar-refractivity contribution < 1.29 is 28.6 Å². The average Bonchev–Trinajstić information content (AvgIpc) is 2.69. The fourth-order valence-electron chi connectivity index (χ4n) is 0.443. The molecule has 0 rings (SSSR count). The average molecular weight is 399 g/mol. The second-order valence-corrected chi connectivity index (χ2v) is 4.15. The molecule has 0 atom stereocenters. The van der Waals surface area contributed by atoms with E-state index in [2.05, 4.69) is 49.3 Å². The van der Waals surface area contributed by atoms with Crippen LogP contribution in [0.5, 0.6) is 0 Å². The number of ketones is 1. The van der Waals surface area contributed by atoms with Crippen LogP contribution in [0.2, 0.25) is 0 Å². The van der Waals surface area contributed by atoms with Crippen LogP contribution in [0.15, 0.2) is 63.3 Å². The van der Waals surface area contributed by atoms with Gasteiger partial charge in [0.15, 0.2) is 12.6 Å². The zero-order chi connectivity index (χ0) is 23.2. The minimum atomic E-state index is -0.455. The first-order valence-corrected chi connectivity index (χ1v) is 8.69. The predicted molar refractivity (Wildman–Crippen MR) is 117 cm³/mol. The molecule has 6 heteroatoms. The van der Waals surface area contributed by atoms with Gasteiger partial charge in [-0.3, -0.25) is 4.79 Å². The van der Waals surface area contributed by atoms with Gasteiger partial charge in [-0.2, -0.15) is 0 Å². The van der Waals surface area contributed by atoms with Gasteiger partial charge in [-0.1, -0.05) is 38.8 Å². The summed E-state index contributed by atoms with van der Waals surface area (Å²) < 4.78 is 13.6. The Morgan fingerprint density at radius 2 is 1.14 bits per heavy atom. The summed E-state index contributed by atoms with van der Waals surface area (Å²) in [7, 11) is 0. The van der Waals surface area contributed by atoms with Crippen molar-refractivity contribution in [2.24, 2.45) is 0 Å². The number of hydrogen-bond acceptors (Lipinski definition) is 6. The van der Waals surface area contributed by atoms with E-state index in [1.165, 1.54) is 13.0 Å². The summed E-state index contributed by atoms with van der Waals surface area (Å²) in [6, 6.07) is 0. The molecule has 0 spiro atoms. The zero-order valence-corrected chi connectivity index (χ0v) is 18.2. The maximum atomic E-state index is 10.3. The van der Waals surface area contributed by atoms with Gasteiger partial charge in [0, 0.05) is 18.8 Å². The molecular weight excluding hydrogens is 360 g/mol. The minimum absolute atomic E-state index is 0.0152. The highest BCUT2D eigenvalue weighted by Crippen LogP contribution is 1.79. The molecule has 0 aliphatic rings. The molecule has 0 heterocycles. The highest BCUT2D eigenvalue weighted by Gasteiger charge is 1.91. The third-order valence-electron chi connectivity index (χ3n) is 1.68. The number of esters is 2. The fourth-order valence-corrected chi connectivity index (χ4v) is 0.443. The van der Waals surface area contributed by atoms with E-state index >= 15 is 0 Å². The van der Waals surface area contributed by atoms with Crippen molar-refractivity contribution in [3.8, 4) is 0 Å². The van der Waals surface area contributed by atoms with Crippen LogP contribution >= 0.6 is 0 Å². The first kappa shape index (κ1) is 36.2. The predicted octanol–water partition coefficient (Wildman–Crippen LogP) is 4.98. The van der Waals surface area contributed by atoms with E-state index in [-0.39, 0.29) is 18.5 Å². The van der Waals surface area contributed by atoms with E-state index in [9.17, 15) is 14.4 Å². The third kappa shape index (κ3) is 76.7. The fraction of sp³-hybridized carbons (Fsp3) is 0.409. The maximum Gasteiger partial charge on any atom is 0.332 e. The van der Waals surface area contributed by atoms with Crippen molar-refractivity contribution in [2.75, 3.05) is 20.0 Å². The molecule has 0 aromatic heterocycles. The van der Waals surface area contributed by atoms with E-state index in [0.717, 1.165) is 18.6 Å². The Hall–Kier alpha value is -2.73. The topological polar surface area (TPSA) is 78.9 Å². The van der Waals surface area contributed by atoms with Gasteiger partial charge in [-0.05, 0) is 40.2 Å². The molecule has 0 bridgehead atoms. The second-order valence-electron chi connectivity index (χ2n) is 4.15. The molecule has 0 fully saturated rings. The lowest BCUT2D eigenvalue weighted by atomic mass is 10.5. The molecule has 6 nitrogen and oxygen atoms in total. The van der Waals surface area contributed by atoms with E-state index < -0.39 is 5.97 Å². The number of hydrogen-bond donors (Lipinski definition) is 0. The summed E-state index contributed by atoms with van der Waals surface area (Å²) in [6.07, 6.45) is 8.22. The van der Waals surface area contributed by atoms with Crippen molar-refractivity contribution >= 4 is 17.7 Å². The van der Waals surface area contributed by atoms with Crippen LogP contribution in [0.4, 0.5) is 0 Å². The first-order chi connectivity index (χ1) is 13.2. The largest absolute Gasteiger partial charge is 0.463 e. The second kappa shape index (κ2) is 39.4. The summed E-state index contributed by atoms with van der Waals surface area (Å²) in [4.78, 5) is 30.0. The van der Waals surface area contributed by atoms with Crippen LogP contribution in [-0.2, 0) is 28.6 Å². The van der Waals surface area contributed by atoms with Gasteiger partial charge in [0.1, 0.15) is 0 Å². The van der Waals surface area contributed by atoms with Gasteiger partial charge in [0.05, 0.1) is 6.61 Å². The lowest BCUT2D eigenvalue weighted by Gasteiger charge is -1.98. The number of carbonyl (C=O) groups is 3. The van der Waals surface area contributed by atoms with Crippen LogP contribution in [0.25, 0.3) is 0 Å². The van der Waals surface area contributed by atoms with Crippen LogP contribution < -0.4 is 0 Å². The minimum Gasteiger partial charge on any atom is -0.463 e. The monoisotopic (exact) mass is 398 g/mol. The van der Waals surface area contributed by atoms with Crippen LogP contribution in [0, 0.1) is 0 Å². The van der Waals surface area contributed by atoms with E-state index in [1.807, 2.05) is 19.9 Å². The number of rotatable bonds is 8. The van der Waals surface area contributed by atoms with E-state index in [1.54, 1.807) is 13.0 Å². The highest BCUT2D eigenvalue weighted by molar-refractivity contribution is 5.86. The molecule has 0 aromatic carbocycles. The highest BCUT2D eigenvalue weighted by atomic mass is 16.7. The molecule has 0 aromatic rings. The number of allylic oxidation sites excluding steroid dienone is 3. The molecule has 0 saturated carbocycles. The van der Waals surface area contributed by atoms with Crippen molar-refractivity contribution in [2.45, 2.75) is 41.0 Å². The normalized spacial score (nSPS) is 7.18. The summed E-state index contributed by atoms with van der Waals surface area (Å²) in [6.45, 7) is 26.4. The Balaban J connectivity index is -0.0000000832. The Labute approximate surface area is 171 Å². The van der Waals surface area contributed by atoms with E-state index in [0.29, 0.717) is 13.2 Å². The van der Waals surface area contributed by atoms with Crippen LogP contribution in [-0.4, -0.2) is 37.7 Å². The van der Waals surface area contributed by atoms with Crippen molar-refractivity contribution in [3.63, 3.8) is 0 Å². The molecule has 28 heavy (non-hydrogen) atoms. The molecule has 0 amide bonds. The van der Waals surface area contributed by atoms with Crippen molar-refractivity contribution in [3.05, 3.63) is 63.3 Å². The van der Waals surface area contributed by atoms with Crippen LogP contribution in [0.3, 0.4) is 0 Å². The van der Waals surface area contributed by atoms with Gasteiger partial charge in [0.25, 0.3) is 0 Å². The van der Waals surface area contributed by atoms with Crippen LogP contribution in [0.1, 0.15) is 41.0 Å². The van der Waals surface area contributed by atoms with Crippen molar-refractivity contribution in [1.82, 2.24) is 0 Å². The number of ether oxygens (including phenoxy) is 3. The Bertz CT molecular complexity index is 425. The van der Waals surface area contributed by atoms with Gasteiger partial charge < -0.3 is 14.2 Å².